The third-order valence-electron chi connectivity index (χ3n) is 3.67. The highest BCUT2D eigenvalue weighted by atomic mass is 79.9. The number of hydrogen-bond acceptors (Lipinski definition) is 3. The zero-order valence-corrected chi connectivity index (χ0v) is 15.4. The number of halogens is 3. The van der Waals surface area contributed by atoms with Crippen molar-refractivity contribution in [1.82, 2.24) is 19.5 Å². The van der Waals surface area contributed by atoms with E-state index in [4.69, 9.17) is 11.6 Å². The molecule has 0 aliphatic heterocycles. The third-order valence-corrected chi connectivity index (χ3v) is 4.60. The number of nitrogens with zero attached hydrogens (tertiary/aromatic N) is 3. The van der Waals surface area contributed by atoms with E-state index in [1.807, 2.05) is 0 Å². The van der Waals surface area contributed by atoms with Gasteiger partial charge in [-0.15, -0.1) is 5.10 Å². The topological polar surface area (TPSA) is 68.4 Å². The molecule has 1 amide bonds. The lowest BCUT2D eigenvalue weighted by atomic mass is 10.1. The number of nitrogens with one attached hydrogen (secondary N) is 1. The van der Waals surface area contributed by atoms with Gasteiger partial charge in [0.25, 0.3) is 0 Å². The fourth-order valence-corrected chi connectivity index (χ4v) is 3.02. The Bertz CT molecular complexity index is 1020. The zero-order chi connectivity index (χ0) is 18.1. The van der Waals surface area contributed by atoms with Gasteiger partial charge in [0.05, 0.1) is 15.7 Å². The van der Waals surface area contributed by atoms with E-state index in [0.717, 1.165) is 4.68 Å². The summed E-state index contributed by atoms with van der Waals surface area (Å²) in [6, 6.07) is 8.99. The number of rotatable bonds is 4. The Morgan fingerprint density at radius 3 is 2.84 bits per heavy atom. The Balaban J connectivity index is 1.76. The van der Waals surface area contributed by atoms with Gasteiger partial charge in [-0.2, -0.15) is 0 Å². The molecule has 0 spiro atoms. The molecule has 1 atom stereocenters. The molecule has 1 N–H and O–H groups in total. The van der Waals surface area contributed by atoms with Crippen LogP contribution in [-0.2, 0) is 11.3 Å². The monoisotopic (exact) mass is 426 g/mol. The van der Waals surface area contributed by atoms with E-state index >= 15 is 0 Å². The summed E-state index contributed by atoms with van der Waals surface area (Å²) in [5, 5.41) is 6.84. The highest BCUT2D eigenvalue weighted by Crippen LogP contribution is 2.20. The predicted molar refractivity (Wildman–Crippen MR) is 95.1 cm³/mol. The maximum absolute atomic E-state index is 13.5. The molecule has 2 heterocycles. The van der Waals surface area contributed by atoms with Crippen molar-refractivity contribution >= 4 is 39.1 Å². The van der Waals surface area contributed by atoms with Crippen molar-refractivity contribution in [1.29, 1.82) is 0 Å². The van der Waals surface area contributed by atoms with E-state index in [-0.39, 0.29) is 11.6 Å². The number of carbonyl (C=O) groups is 1. The molecule has 6 nitrogen and oxygen atoms in total. The van der Waals surface area contributed by atoms with Crippen molar-refractivity contribution in [2.45, 2.75) is 19.5 Å². The van der Waals surface area contributed by atoms with Gasteiger partial charge < -0.3 is 5.32 Å². The second-order valence-corrected chi connectivity index (χ2v) is 6.66. The second kappa shape index (κ2) is 6.97. The molecular formula is C16H13BrClFN4O2. The fraction of sp³-hybridized carbons (Fsp3) is 0.188. The van der Waals surface area contributed by atoms with E-state index in [1.54, 1.807) is 31.2 Å². The van der Waals surface area contributed by atoms with Gasteiger partial charge in [-0.3, -0.25) is 4.79 Å². The average Bonchev–Trinajstić information content (AvgIpc) is 2.87. The van der Waals surface area contributed by atoms with Gasteiger partial charge in [0.1, 0.15) is 12.4 Å². The first-order valence-electron chi connectivity index (χ1n) is 7.35. The van der Waals surface area contributed by atoms with Crippen LogP contribution >= 0.6 is 27.5 Å². The summed E-state index contributed by atoms with van der Waals surface area (Å²) in [6.45, 7) is 1.47. The minimum atomic E-state index is -0.554. The van der Waals surface area contributed by atoms with Crippen molar-refractivity contribution in [3.63, 3.8) is 0 Å². The molecule has 3 rings (SSSR count). The number of fused-ring (bicyclic) bond motifs is 1. The van der Waals surface area contributed by atoms with Crippen LogP contribution in [0.3, 0.4) is 0 Å². The normalized spacial score (nSPS) is 12.3. The van der Waals surface area contributed by atoms with Crippen LogP contribution in [0.15, 0.2) is 45.8 Å². The Morgan fingerprint density at radius 2 is 2.16 bits per heavy atom. The van der Waals surface area contributed by atoms with Crippen molar-refractivity contribution in [2.75, 3.05) is 0 Å². The lowest BCUT2D eigenvalue weighted by Crippen LogP contribution is -2.34. The van der Waals surface area contributed by atoms with Crippen LogP contribution in [0.25, 0.3) is 5.65 Å². The van der Waals surface area contributed by atoms with E-state index in [0.29, 0.717) is 15.8 Å². The van der Waals surface area contributed by atoms with Crippen LogP contribution < -0.4 is 11.0 Å². The highest BCUT2D eigenvalue weighted by molar-refractivity contribution is 9.10. The molecule has 0 bridgehead atoms. The summed E-state index contributed by atoms with van der Waals surface area (Å²) >= 11 is 8.93. The number of hydrogen-bond donors (Lipinski definition) is 1. The quantitative estimate of drug-likeness (QED) is 0.651. The average molecular weight is 428 g/mol. The van der Waals surface area contributed by atoms with Crippen molar-refractivity contribution in [2.24, 2.45) is 0 Å². The first-order chi connectivity index (χ1) is 11.9. The molecule has 0 radical (unpaired) electrons. The van der Waals surface area contributed by atoms with Crippen LogP contribution in [0, 0.1) is 5.82 Å². The molecule has 2 aromatic heterocycles. The van der Waals surface area contributed by atoms with Crippen molar-refractivity contribution in [3.05, 3.63) is 67.9 Å². The minimum Gasteiger partial charge on any atom is -0.348 e. The van der Waals surface area contributed by atoms with Gasteiger partial charge in [0.2, 0.25) is 5.91 Å². The van der Waals surface area contributed by atoms with Gasteiger partial charge in [-0.05, 0) is 52.7 Å². The summed E-state index contributed by atoms with van der Waals surface area (Å²) < 4.78 is 16.5. The van der Waals surface area contributed by atoms with Gasteiger partial charge in [0, 0.05) is 0 Å². The molecule has 3 aromatic rings. The summed E-state index contributed by atoms with van der Waals surface area (Å²) in [5.74, 6) is -0.967. The zero-order valence-electron chi connectivity index (χ0n) is 13.0. The number of carbonyl (C=O) groups excluding carboxylic acids is 1. The second-order valence-electron chi connectivity index (χ2n) is 5.45. The minimum absolute atomic E-state index is 0.0177. The van der Waals surface area contributed by atoms with E-state index < -0.39 is 23.5 Å². The molecule has 0 saturated carbocycles. The predicted octanol–water partition coefficient (Wildman–Crippen LogP) is 2.93. The van der Waals surface area contributed by atoms with Gasteiger partial charge in [0.15, 0.2) is 5.65 Å². The van der Waals surface area contributed by atoms with Crippen LogP contribution in [0.5, 0.6) is 0 Å². The smallest absolute Gasteiger partial charge is 0.348 e. The van der Waals surface area contributed by atoms with E-state index in [9.17, 15) is 14.0 Å². The molecule has 25 heavy (non-hydrogen) atoms. The molecule has 0 saturated heterocycles. The maximum atomic E-state index is 13.5. The summed E-state index contributed by atoms with van der Waals surface area (Å²) in [5.41, 5.74) is 0.572. The Morgan fingerprint density at radius 1 is 1.40 bits per heavy atom. The number of benzene rings is 1. The number of pyridine rings is 1. The standard InChI is InChI=1S/C16H13BrClFN4O2/c1-9(10-5-6-11(18)12(19)7-10)20-15(24)8-22-16(25)23-13(17)3-2-4-14(23)21-22/h2-7,9H,8H2,1H3,(H,20,24)/t9-/m0/s1. The molecular weight excluding hydrogens is 415 g/mol. The van der Waals surface area contributed by atoms with Crippen LogP contribution in [0.2, 0.25) is 5.02 Å². The molecule has 0 unspecified atom stereocenters. The van der Waals surface area contributed by atoms with Crippen molar-refractivity contribution in [3.8, 4) is 0 Å². The largest absolute Gasteiger partial charge is 0.351 e. The lowest BCUT2D eigenvalue weighted by molar-refractivity contribution is -0.122. The Kier molecular flexibility index (Phi) is 4.91. The van der Waals surface area contributed by atoms with E-state index in [1.165, 1.54) is 16.5 Å². The van der Waals surface area contributed by atoms with Gasteiger partial charge in [-0.1, -0.05) is 23.7 Å². The number of aromatic nitrogens is 3. The van der Waals surface area contributed by atoms with Crippen LogP contribution in [0.4, 0.5) is 4.39 Å². The van der Waals surface area contributed by atoms with Gasteiger partial charge in [-0.25, -0.2) is 18.3 Å². The van der Waals surface area contributed by atoms with E-state index in [2.05, 4.69) is 26.3 Å². The molecule has 0 aliphatic rings. The molecule has 0 aliphatic carbocycles. The van der Waals surface area contributed by atoms with Crippen LogP contribution in [0.1, 0.15) is 18.5 Å². The van der Waals surface area contributed by atoms with Crippen molar-refractivity contribution < 1.29 is 9.18 Å². The first kappa shape index (κ1) is 17.6. The summed E-state index contributed by atoms with van der Waals surface area (Å²) in [6.07, 6.45) is 0. The fourth-order valence-electron chi connectivity index (χ4n) is 2.41. The molecule has 0 fully saturated rings. The van der Waals surface area contributed by atoms with Crippen LogP contribution in [-0.4, -0.2) is 20.1 Å². The molecule has 130 valence electrons. The lowest BCUT2D eigenvalue weighted by Gasteiger charge is -2.14. The Hall–Kier alpha value is -2.19. The number of amides is 1. The highest BCUT2D eigenvalue weighted by Gasteiger charge is 2.15. The SMILES string of the molecule is C[C@H](NC(=O)Cn1nc2cccc(Br)n2c1=O)c1ccc(Cl)c(F)c1. The first-order valence-corrected chi connectivity index (χ1v) is 8.52. The third kappa shape index (κ3) is 3.59. The summed E-state index contributed by atoms with van der Waals surface area (Å²) in [7, 11) is 0. The molecule has 1 aromatic carbocycles. The Labute approximate surface area is 155 Å². The molecule has 9 heteroatoms. The maximum Gasteiger partial charge on any atom is 0.351 e. The van der Waals surface area contributed by atoms with Gasteiger partial charge >= 0.3 is 5.69 Å². The summed E-state index contributed by atoms with van der Waals surface area (Å²) in [4.78, 5) is 24.5.